The van der Waals surface area contributed by atoms with Gasteiger partial charge in [0.25, 0.3) is 5.91 Å². The van der Waals surface area contributed by atoms with Gasteiger partial charge in [0.1, 0.15) is 24.0 Å². The summed E-state index contributed by atoms with van der Waals surface area (Å²) in [5.74, 6) is 0.928. The molecule has 0 aliphatic heterocycles. The fourth-order valence-electron chi connectivity index (χ4n) is 4.35. The maximum absolute atomic E-state index is 12.6. The number of carbonyl (C=O) groups is 1. The molecule has 3 rings (SSSR count). The van der Waals surface area contributed by atoms with Crippen LogP contribution in [0.2, 0.25) is 0 Å². The van der Waals surface area contributed by atoms with Gasteiger partial charge in [-0.3, -0.25) is 4.79 Å². The molecule has 1 aliphatic carbocycles. The molecule has 0 bridgehead atoms. The van der Waals surface area contributed by atoms with Crippen LogP contribution >= 0.6 is 0 Å². The number of hydrogen-bond acceptors (Lipinski definition) is 3. The third-order valence-electron chi connectivity index (χ3n) is 6.21. The average Bonchev–Trinajstić information content (AvgIpc) is 2.73. The fourth-order valence-corrected chi connectivity index (χ4v) is 4.35. The predicted molar refractivity (Wildman–Crippen MR) is 125 cm³/mol. The van der Waals surface area contributed by atoms with E-state index in [9.17, 15) is 10.1 Å². The highest BCUT2D eigenvalue weighted by Gasteiger charge is 2.24. The summed E-state index contributed by atoms with van der Waals surface area (Å²) >= 11 is 0. The highest BCUT2D eigenvalue weighted by atomic mass is 16.5. The summed E-state index contributed by atoms with van der Waals surface area (Å²) < 4.78 is 5.97. The molecule has 0 radical (unpaired) electrons. The van der Waals surface area contributed by atoms with E-state index in [1.54, 1.807) is 6.08 Å². The van der Waals surface area contributed by atoms with Crippen molar-refractivity contribution in [3.8, 4) is 11.8 Å². The summed E-state index contributed by atoms with van der Waals surface area (Å²) in [6.07, 6.45) is 6.09. The molecule has 31 heavy (non-hydrogen) atoms. The van der Waals surface area contributed by atoms with Gasteiger partial charge in [-0.15, -0.1) is 0 Å². The number of ether oxygens (including phenoxy) is 1. The van der Waals surface area contributed by atoms with Crippen LogP contribution in [0.1, 0.15) is 60.4 Å². The molecular weight excluding hydrogens is 384 g/mol. The molecular formula is C27H32N2O2. The Balaban J connectivity index is 1.64. The molecule has 2 atom stereocenters. The number of nitriles is 1. The second-order valence-electron chi connectivity index (χ2n) is 8.75. The van der Waals surface area contributed by atoms with Crippen molar-refractivity contribution < 1.29 is 9.53 Å². The molecule has 0 saturated heterocycles. The lowest BCUT2D eigenvalue weighted by molar-refractivity contribution is -0.118. The standard InChI is InChI=1S/C27H32N2O2/c1-18-13-20(3)25(21(4)14-18)17-31-24-11-9-22(10-12-24)15-23(16-28)27(30)29-26-8-6-5-7-19(26)2/h9-15,19,26H,5-8,17H2,1-4H3,(H,29,30)/b23-15+/t19-,26-/m0/s1. The number of carbonyl (C=O) groups excluding carboxylic acids is 1. The van der Waals surface area contributed by atoms with Gasteiger partial charge in [-0.1, -0.05) is 49.6 Å². The average molecular weight is 417 g/mol. The number of nitrogens with one attached hydrogen (secondary N) is 1. The Morgan fingerprint density at radius 1 is 1.13 bits per heavy atom. The maximum Gasteiger partial charge on any atom is 0.262 e. The van der Waals surface area contributed by atoms with E-state index in [4.69, 9.17) is 4.74 Å². The summed E-state index contributed by atoms with van der Waals surface area (Å²) in [6, 6.07) is 14.0. The summed E-state index contributed by atoms with van der Waals surface area (Å²) in [6.45, 7) is 8.99. The summed E-state index contributed by atoms with van der Waals surface area (Å²) in [4.78, 5) is 12.6. The predicted octanol–water partition coefficient (Wildman–Crippen LogP) is 5.79. The zero-order chi connectivity index (χ0) is 22.4. The van der Waals surface area contributed by atoms with Crippen molar-refractivity contribution >= 4 is 12.0 Å². The van der Waals surface area contributed by atoms with Crippen LogP contribution < -0.4 is 10.1 Å². The van der Waals surface area contributed by atoms with Gasteiger partial charge in [0.15, 0.2) is 0 Å². The minimum atomic E-state index is -0.285. The Morgan fingerprint density at radius 2 is 1.77 bits per heavy atom. The first kappa shape index (κ1) is 22.6. The van der Waals surface area contributed by atoms with E-state index in [1.165, 1.54) is 28.7 Å². The van der Waals surface area contributed by atoms with Crippen LogP contribution in [-0.2, 0) is 11.4 Å². The van der Waals surface area contributed by atoms with Gasteiger partial charge in [0, 0.05) is 6.04 Å². The Kier molecular flexibility index (Phi) is 7.52. The van der Waals surface area contributed by atoms with Gasteiger partial charge in [0.05, 0.1) is 0 Å². The summed E-state index contributed by atoms with van der Waals surface area (Å²) in [5, 5.41) is 12.5. The van der Waals surface area contributed by atoms with Crippen LogP contribution in [-0.4, -0.2) is 11.9 Å². The first-order chi connectivity index (χ1) is 14.9. The van der Waals surface area contributed by atoms with Crippen LogP contribution in [0, 0.1) is 38.0 Å². The zero-order valence-corrected chi connectivity index (χ0v) is 19.0. The number of amides is 1. The third-order valence-corrected chi connectivity index (χ3v) is 6.21. The van der Waals surface area contributed by atoms with E-state index in [0.717, 1.165) is 30.6 Å². The normalized spacial score (nSPS) is 18.9. The first-order valence-corrected chi connectivity index (χ1v) is 11.1. The van der Waals surface area contributed by atoms with E-state index < -0.39 is 0 Å². The maximum atomic E-state index is 12.6. The molecule has 1 saturated carbocycles. The Hall–Kier alpha value is -3.06. The van der Waals surface area contributed by atoms with E-state index in [-0.39, 0.29) is 17.5 Å². The van der Waals surface area contributed by atoms with E-state index in [1.807, 2.05) is 24.3 Å². The molecule has 0 unspecified atom stereocenters. The fraction of sp³-hybridized carbons (Fsp3) is 0.407. The highest BCUT2D eigenvalue weighted by molar-refractivity contribution is 6.01. The summed E-state index contributed by atoms with van der Waals surface area (Å²) in [5.41, 5.74) is 5.86. The van der Waals surface area contributed by atoms with E-state index in [0.29, 0.717) is 12.5 Å². The van der Waals surface area contributed by atoms with Gasteiger partial charge in [-0.2, -0.15) is 5.26 Å². The molecule has 1 fully saturated rings. The topological polar surface area (TPSA) is 62.1 Å². The molecule has 0 spiro atoms. The number of rotatable bonds is 6. The van der Waals surface area contributed by atoms with Crippen molar-refractivity contribution in [2.45, 2.75) is 66.0 Å². The number of hydrogen-bond donors (Lipinski definition) is 1. The Morgan fingerprint density at radius 3 is 2.39 bits per heavy atom. The van der Waals surface area contributed by atoms with Crippen molar-refractivity contribution in [3.05, 3.63) is 69.8 Å². The molecule has 1 aliphatic rings. The molecule has 2 aromatic carbocycles. The molecule has 4 nitrogen and oxygen atoms in total. The van der Waals surface area contributed by atoms with Crippen molar-refractivity contribution in [1.82, 2.24) is 5.32 Å². The largest absolute Gasteiger partial charge is 0.489 e. The molecule has 2 aromatic rings. The first-order valence-electron chi connectivity index (χ1n) is 11.1. The highest BCUT2D eigenvalue weighted by Crippen LogP contribution is 2.24. The van der Waals surface area contributed by atoms with Gasteiger partial charge < -0.3 is 10.1 Å². The SMILES string of the molecule is Cc1cc(C)c(COc2ccc(/C=C(\C#N)C(=O)N[C@H]3CCCC[C@@H]3C)cc2)c(C)c1. The van der Waals surface area contributed by atoms with E-state index in [2.05, 4.69) is 51.2 Å². The van der Waals surface area contributed by atoms with Crippen molar-refractivity contribution in [3.63, 3.8) is 0 Å². The number of benzene rings is 2. The lowest BCUT2D eigenvalue weighted by Crippen LogP contribution is -2.41. The van der Waals surface area contributed by atoms with Gasteiger partial charge in [-0.05, 0) is 80.0 Å². The Labute approximate surface area is 185 Å². The van der Waals surface area contributed by atoms with Crippen LogP contribution in [0.4, 0.5) is 0 Å². The lowest BCUT2D eigenvalue weighted by Gasteiger charge is -2.29. The second-order valence-corrected chi connectivity index (χ2v) is 8.75. The quantitative estimate of drug-likeness (QED) is 0.479. The van der Waals surface area contributed by atoms with Crippen molar-refractivity contribution in [1.29, 1.82) is 5.26 Å². The Bertz CT molecular complexity index is 976. The molecule has 4 heteroatoms. The third kappa shape index (κ3) is 5.98. The summed E-state index contributed by atoms with van der Waals surface area (Å²) in [7, 11) is 0. The van der Waals surface area contributed by atoms with Crippen molar-refractivity contribution in [2.75, 3.05) is 0 Å². The van der Waals surface area contributed by atoms with Crippen LogP contribution in [0.3, 0.4) is 0 Å². The minimum absolute atomic E-state index is 0.136. The van der Waals surface area contributed by atoms with Gasteiger partial charge >= 0.3 is 0 Å². The molecule has 162 valence electrons. The van der Waals surface area contributed by atoms with Gasteiger partial charge in [0.2, 0.25) is 0 Å². The number of aryl methyl sites for hydroxylation is 3. The zero-order valence-electron chi connectivity index (χ0n) is 19.0. The minimum Gasteiger partial charge on any atom is -0.489 e. The van der Waals surface area contributed by atoms with Crippen LogP contribution in [0.5, 0.6) is 5.75 Å². The van der Waals surface area contributed by atoms with Crippen LogP contribution in [0.25, 0.3) is 6.08 Å². The number of nitrogens with zero attached hydrogens (tertiary/aromatic N) is 1. The monoisotopic (exact) mass is 416 g/mol. The van der Waals surface area contributed by atoms with Gasteiger partial charge in [-0.25, -0.2) is 0 Å². The molecule has 1 amide bonds. The van der Waals surface area contributed by atoms with Crippen LogP contribution in [0.15, 0.2) is 42.0 Å². The lowest BCUT2D eigenvalue weighted by atomic mass is 9.86. The smallest absolute Gasteiger partial charge is 0.262 e. The molecule has 0 aromatic heterocycles. The van der Waals surface area contributed by atoms with Crippen molar-refractivity contribution in [2.24, 2.45) is 5.92 Å². The van der Waals surface area contributed by atoms with E-state index >= 15 is 0 Å². The molecule has 1 N–H and O–H groups in total. The second kappa shape index (κ2) is 10.3. The molecule has 0 heterocycles.